The smallest absolute Gasteiger partial charge is 0.303 e. The lowest BCUT2D eigenvalue weighted by atomic mass is 10.0. The number of rotatable bonds is 15. The van der Waals surface area contributed by atoms with Crippen molar-refractivity contribution < 1.29 is 20.0 Å². The maximum Gasteiger partial charge on any atom is 0.303 e. The number of carboxylic acid groups (broad SMARTS) is 1. The number of allylic oxidation sites excluding steroid dienone is 3. The summed E-state index contributed by atoms with van der Waals surface area (Å²) < 4.78 is 0. The molecule has 2 N–H and O–H groups in total. The molecule has 0 radical (unpaired) electrons. The Balaban J connectivity index is 3.33. The molecule has 0 aliphatic heterocycles. The van der Waals surface area contributed by atoms with Crippen LogP contribution >= 0.6 is 0 Å². The van der Waals surface area contributed by atoms with Crippen molar-refractivity contribution in [3.8, 4) is 0 Å². The Morgan fingerprint density at radius 2 is 1.50 bits per heavy atom. The van der Waals surface area contributed by atoms with Crippen LogP contribution < -0.4 is 0 Å². The van der Waals surface area contributed by atoms with Crippen molar-refractivity contribution in [2.45, 2.75) is 83.7 Å². The van der Waals surface area contributed by atoms with Crippen LogP contribution in [-0.2, 0) is 9.68 Å². The Morgan fingerprint density at radius 3 is 2.00 bits per heavy atom. The fraction of sp³-hybridized carbons (Fsp3) is 0.722. The molecule has 1 unspecified atom stereocenters. The van der Waals surface area contributed by atoms with E-state index in [4.69, 9.17) is 10.4 Å². The Bertz CT molecular complexity index is 310. The minimum Gasteiger partial charge on any atom is -0.481 e. The second kappa shape index (κ2) is 16.2. The van der Waals surface area contributed by atoms with E-state index < -0.39 is 5.97 Å². The first-order valence-electron chi connectivity index (χ1n) is 8.52. The molecule has 128 valence electrons. The zero-order valence-corrected chi connectivity index (χ0v) is 13.9. The standard InChI is InChI=1S/C18H32O4/c1-2-3-11-14-17(22-21)15-12-9-7-5-4-6-8-10-13-16-18(19)20/h2-3,11,14,17,21H,4-10,12-13,15-16H2,1H3,(H,19,20). The molecule has 4 heteroatoms. The van der Waals surface area contributed by atoms with Gasteiger partial charge in [0, 0.05) is 6.42 Å². The summed E-state index contributed by atoms with van der Waals surface area (Å²) in [6, 6.07) is 0. The topological polar surface area (TPSA) is 66.8 Å². The molecule has 0 amide bonds. The summed E-state index contributed by atoms with van der Waals surface area (Å²) >= 11 is 0. The highest BCUT2D eigenvalue weighted by Crippen LogP contribution is 2.13. The molecule has 4 nitrogen and oxygen atoms in total. The van der Waals surface area contributed by atoms with Gasteiger partial charge in [0.05, 0.1) is 0 Å². The predicted molar refractivity (Wildman–Crippen MR) is 89.9 cm³/mol. The molecule has 1 atom stereocenters. The third-order valence-corrected chi connectivity index (χ3v) is 3.64. The van der Waals surface area contributed by atoms with Gasteiger partial charge in [-0.3, -0.25) is 10.1 Å². The summed E-state index contributed by atoms with van der Waals surface area (Å²) in [6.07, 6.45) is 18.6. The summed E-state index contributed by atoms with van der Waals surface area (Å²) in [4.78, 5) is 14.8. The number of carbonyl (C=O) groups is 1. The van der Waals surface area contributed by atoms with Gasteiger partial charge in [0.25, 0.3) is 0 Å². The summed E-state index contributed by atoms with van der Waals surface area (Å²) in [6.45, 7) is 1.95. The van der Waals surface area contributed by atoms with Gasteiger partial charge in [-0.1, -0.05) is 75.7 Å². The minimum absolute atomic E-state index is 0.203. The maximum atomic E-state index is 10.3. The molecule has 0 saturated carbocycles. The fourth-order valence-electron chi connectivity index (χ4n) is 2.34. The van der Waals surface area contributed by atoms with Crippen LogP contribution in [0.5, 0.6) is 0 Å². The Labute approximate surface area is 134 Å². The van der Waals surface area contributed by atoms with Crippen LogP contribution in [0.2, 0.25) is 0 Å². The number of aliphatic carboxylic acids is 1. The molecule has 22 heavy (non-hydrogen) atoms. The largest absolute Gasteiger partial charge is 0.481 e. The average molecular weight is 312 g/mol. The van der Waals surface area contributed by atoms with Crippen LogP contribution in [0.1, 0.15) is 77.6 Å². The molecule has 0 rings (SSSR count). The second-order valence-corrected chi connectivity index (χ2v) is 5.67. The highest BCUT2D eigenvalue weighted by Gasteiger charge is 2.03. The van der Waals surface area contributed by atoms with Crippen molar-refractivity contribution in [2.24, 2.45) is 0 Å². The predicted octanol–water partition coefficient (Wildman–Crippen LogP) is 5.35. The lowest BCUT2D eigenvalue weighted by Gasteiger charge is -2.08. The van der Waals surface area contributed by atoms with Gasteiger partial charge in [-0.2, -0.15) is 0 Å². The normalized spacial score (nSPS) is 13.2. The molecular formula is C18H32O4. The molecule has 0 aromatic heterocycles. The zero-order valence-electron chi connectivity index (χ0n) is 13.9. The van der Waals surface area contributed by atoms with E-state index in [9.17, 15) is 4.79 Å². The average Bonchev–Trinajstić information content (AvgIpc) is 2.50. The van der Waals surface area contributed by atoms with Crippen LogP contribution in [0.15, 0.2) is 24.3 Å². The van der Waals surface area contributed by atoms with Gasteiger partial charge in [-0.25, -0.2) is 4.89 Å². The van der Waals surface area contributed by atoms with Crippen molar-refractivity contribution in [1.82, 2.24) is 0 Å². The summed E-state index contributed by atoms with van der Waals surface area (Å²) in [5, 5.41) is 17.3. The van der Waals surface area contributed by atoms with E-state index in [2.05, 4.69) is 4.89 Å². The van der Waals surface area contributed by atoms with E-state index in [1.165, 1.54) is 25.7 Å². The molecule has 0 aromatic carbocycles. The van der Waals surface area contributed by atoms with Gasteiger partial charge in [0.1, 0.15) is 6.10 Å². The van der Waals surface area contributed by atoms with Crippen molar-refractivity contribution in [3.63, 3.8) is 0 Å². The zero-order chi connectivity index (χ0) is 16.5. The lowest BCUT2D eigenvalue weighted by molar-refractivity contribution is -0.267. The molecule has 0 saturated heterocycles. The maximum absolute atomic E-state index is 10.3. The van der Waals surface area contributed by atoms with Gasteiger partial charge in [-0.15, -0.1) is 0 Å². The third-order valence-electron chi connectivity index (χ3n) is 3.64. The quantitative estimate of drug-likeness (QED) is 0.185. The van der Waals surface area contributed by atoms with Crippen LogP contribution in [0.3, 0.4) is 0 Å². The van der Waals surface area contributed by atoms with Crippen LogP contribution in [0.25, 0.3) is 0 Å². The number of unbranched alkanes of at least 4 members (excludes halogenated alkanes) is 8. The first-order chi connectivity index (χ1) is 10.7. The first-order valence-corrected chi connectivity index (χ1v) is 8.52. The Kier molecular flexibility index (Phi) is 15.4. The summed E-state index contributed by atoms with van der Waals surface area (Å²) in [5.74, 6) is -0.689. The Hall–Kier alpha value is -1.13. The van der Waals surface area contributed by atoms with E-state index in [1.807, 2.05) is 31.2 Å². The van der Waals surface area contributed by atoms with Crippen molar-refractivity contribution in [1.29, 1.82) is 0 Å². The van der Waals surface area contributed by atoms with Crippen molar-refractivity contribution in [2.75, 3.05) is 0 Å². The molecular weight excluding hydrogens is 280 g/mol. The van der Waals surface area contributed by atoms with Gasteiger partial charge >= 0.3 is 5.97 Å². The van der Waals surface area contributed by atoms with Crippen molar-refractivity contribution in [3.05, 3.63) is 24.3 Å². The highest BCUT2D eigenvalue weighted by atomic mass is 17.1. The molecule has 0 aromatic rings. The molecule has 0 heterocycles. The van der Waals surface area contributed by atoms with Gasteiger partial charge < -0.3 is 5.11 Å². The molecule has 0 aliphatic carbocycles. The van der Waals surface area contributed by atoms with E-state index in [1.54, 1.807) is 0 Å². The van der Waals surface area contributed by atoms with Gasteiger partial charge in [-0.05, 0) is 19.8 Å². The first kappa shape index (κ1) is 20.9. The van der Waals surface area contributed by atoms with Gasteiger partial charge in [0.15, 0.2) is 0 Å². The van der Waals surface area contributed by atoms with Crippen LogP contribution in [0, 0.1) is 0 Å². The van der Waals surface area contributed by atoms with E-state index >= 15 is 0 Å². The molecule has 0 spiro atoms. The number of hydrogen-bond acceptors (Lipinski definition) is 3. The van der Waals surface area contributed by atoms with Crippen molar-refractivity contribution >= 4 is 5.97 Å². The molecule has 0 bridgehead atoms. The SMILES string of the molecule is CC=CC=CC(CCCCCCCCCCCC(=O)O)OO. The fourth-order valence-corrected chi connectivity index (χ4v) is 2.34. The lowest BCUT2D eigenvalue weighted by Crippen LogP contribution is -2.06. The monoisotopic (exact) mass is 312 g/mol. The van der Waals surface area contributed by atoms with E-state index in [0.29, 0.717) is 6.42 Å². The van der Waals surface area contributed by atoms with Crippen LogP contribution in [-0.4, -0.2) is 22.4 Å². The third kappa shape index (κ3) is 15.3. The van der Waals surface area contributed by atoms with E-state index in [-0.39, 0.29) is 6.10 Å². The molecule has 0 aliphatic rings. The minimum atomic E-state index is -0.689. The highest BCUT2D eigenvalue weighted by molar-refractivity contribution is 5.66. The van der Waals surface area contributed by atoms with Gasteiger partial charge in [0.2, 0.25) is 0 Å². The summed E-state index contributed by atoms with van der Waals surface area (Å²) in [7, 11) is 0. The van der Waals surface area contributed by atoms with E-state index in [0.717, 1.165) is 38.5 Å². The number of hydrogen-bond donors (Lipinski definition) is 2. The van der Waals surface area contributed by atoms with Crippen LogP contribution in [0.4, 0.5) is 0 Å². The molecule has 0 fully saturated rings. The Morgan fingerprint density at radius 1 is 0.955 bits per heavy atom. The second-order valence-electron chi connectivity index (χ2n) is 5.67. The number of carboxylic acids is 1. The summed E-state index contributed by atoms with van der Waals surface area (Å²) in [5.41, 5.74) is 0.